The van der Waals surface area contributed by atoms with E-state index in [9.17, 15) is 0 Å². The molecule has 0 bridgehead atoms. The Kier molecular flexibility index (Phi) is 5.81. The molecule has 2 saturated heterocycles. The fraction of sp³-hybridized carbons (Fsp3) is 0.542. The van der Waals surface area contributed by atoms with Crippen LogP contribution in [0.4, 0.5) is 0 Å². The normalized spacial score (nSPS) is 26.0. The Balaban J connectivity index is 1.48. The Morgan fingerprint density at radius 1 is 1.18 bits per heavy atom. The second kappa shape index (κ2) is 8.32. The molecule has 0 spiro atoms. The number of benzene rings is 1. The van der Waals surface area contributed by atoms with Gasteiger partial charge in [0.05, 0.1) is 30.6 Å². The van der Waals surface area contributed by atoms with Gasteiger partial charge in [0.2, 0.25) is 0 Å². The molecule has 4 heteroatoms. The molecule has 150 valence electrons. The van der Waals surface area contributed by atoms with Crippen molar-refractivity contribution in [3.05, 3.63) is 66.0 Å². The van der Waals surface area contributed by atoms with Crippen LogP contribution < -0.4 is 0 Å². The van der Waals surface area contributed by atoms with Crippen molar-refractivity contribution in [1.82, 2.24) is 9.88 Å². The van der Waals surface area contributed by atoms with Crippen molar-refractivity contribution >= 4 is 0 Å². The molecule has 0 N–H and O–H groups in total. The van der Waals surface area contributed by atoms with E-state index in [2.05, 4.69) is 60.1 Å². The lowest BCUT2D eigenvalue weighted by molar-refractivity contribution is -0.0596. The lowest BCUT2D eigenvalue weighted by atomic mass is 9.80. The van der Waals surface area contributed by atoms with Crippen molar-refractivity contribution in [3.63, 3.8) is 0 Å². The van der Waals surface area contributed by atoms with E-state index in [1.165, 1.54) is 5.56 Å². The number of ether oxygens (including phenoxy) is 2. The van der Waals surface area contributed by atoms with Gasteiger partial charge in [-0.25, -0.2) is 0 Å². The van der Waals surface area contributed by atoms with Crippen LogP contribution in [-0.2, 0) is 21.6 Å². The SMILES string of the molecule is CC(C)(c1ccccn1)N1CC[C@](COCc2ccccc2)(C2CCCO2)C1. The van der Waals surface area contributed by atoms with Gasteiger partial charge < -0.3 is 9.47 Å². The minimum absolute atomic E-state index is 0.0668. The summed E-state index contributed by atoms with van der Waals surface area (Å²) < 4.78 is 12.5. The van der Waals surface area contributed by atoms with Crippen LogP contribution in [0.1, 0.15) is 44.4 Å². The van der Waals surface area contributed by atoms with Gasteiger partial charge in [-0.05, 0) is 57.4 Å². The first kappa shape index (κ1) is 19.6. The maximum atomic E-state index is 6.26. The molecule has 3 heterocycles. The van der Waals surface area contributed by atoms with Crippen molar-refractivity contribution in [2.45, 2.75) is 51.4 Å². The standard InChI is InChI=1S/C24H32N2O2/c1-23(2,21-11-6-7-14-25-21)26-15-13-24(18-26,22-12-8-16-28-22)19-27-17-20-9-4-3-5-10-20/h3-7,9-11,14,22H,8,12-13,15-19H2,1-2H3/t22?,24-/m0/s1. The number of rotatable bonds is 7. The maximum Gasteiger partial charge on any atom is 0.0717 e. The Morgan fingerprint density at radius 3 is 2.71 bits per heavy atom. The minimum atomic E-state index is -0.0962. The Hall–Kier alpha value is -1.75. The van der Waals surface area contributed by atoms with Gasteiger partial charge in [0.15, 0.2) is 0 Å². The third kappa shape index (κ3) is 4.00. The molecule has 2 fully saturated rings. The van der Waals surface area contributed by atoms with Crippen LogP contribution in [0.5, 0.6) is 0 Å². The summed E-state index contributed by atoms with van der Waals surface area (Å²) in [5.74, 6) is 0. The van der Waals surface area contributed by atoms with Crippen LogP contribution in [0.2, 0.25) is 0 Å². The molecule has 1 unspecified atom stereocenters. The van der Waals surface area contributed by atoms with Crippen LogP contribution >= 0.6 is 0 Å². The van der Waals surface area contributed by atoms with E-state index >= 15 is 0 Å². The highest BCUT2D eigenvalue weighted by atomic mass is 16.5. The summed E-state index contributed by atoms with van der Waals surface area (Å²) in [7, 11) is 0. The second-order valence-corrected chi connectivity index (χ2v) is 8.79. The maximum absolute atomic E-state index is 6.26. The van der Waals surface area contributed by atoms with E-state index in [4.69, 9.17) is 9.47 Å². The van der Waals surface area contributed by atoms with Gasteiger partial charge in [0.25, 0.3) is 0 Å². The summed E-state index contributed by atoms with van der Waals surface area (Å²) in [6, 6.07) is 16.6. The van der Waals surface area contributed by atoms with E-state index in [0.717, 1.165) is 51.3 Å². The third-order valence-electron chi connectivity index (χ3n) is 6.58. The highest BCUT2D eigenvalue weighted by Crippen LogP contribution is 2.44. The summed E-state index contributed by atoms with van der Waals surface area (Å²) in [5, 5.41) is 0. The van der Waals surface area contributed by atoms with Gasteiger partial charge in [0, 0.05) is 24.8 Å². The molecule has 0 amide bonds. The molecule has 2 aromatic rings. The molecule has 4 rings (SSSR count). The predicted octanol–water partition coefficient (Wildman–Crippen LogP) is 4.40. The van der Waals surface area contributed by atoms with Crippen molar-refractivity contribution in [1.29, 1.82) is 0 Å². The molecule has 28 heavy (non-hydrogen) atoms. The van der Waals surface area contributed by atoms with Crippen molar-refractivity contribution in [2.24, 2.45) is 5.41 Å². The van der Waals surface area contributed by atoms with E-state index in [1.54, 1.807) is 0 Å². The molecule has 2 aliphatic heterocycles. The first-order chi connectivity index (χ1) is 13.6. The summed E-state index contributed by atoms with van der Waals surface area (Å²) in [4.78, 5) is 7.21. The summed E-state index contributed by atoms with van der Waals surface area (Å²) in [6.45, 7) is 8.92. The molecule has 0 radical (unpaired) electrons. The molecule has 2 aliphatic rings. The quantitative estimate of drug-likeness (QED) is 0.713. The van der Waals surface area contributed by atoms with Crippen molar-refractivity contribution < 1.29 is 9.47 Å². The predicted molar refractivity (Wildman–Crippen MR) is 111 cm³/mol. The van der Waals surface area contributed by atoms with E-state index < -0.39 is 0 Å². The summed E-state index contributed by atoms with van der Waals surface area (Å²) in [6.07, 6.45) is 5.61. The average Bonchev–Trinajstić information content (AvgIpc) is 3.41. The van der Waals surface area contributed by atoms with Gasteiger partial charge in [-0.3, -0.25) is 9.88 Å². The zero-order valence-corrected chi connectivity index (χ0v) is 17.1. The van der Waals surface area contributed by atoms with Gasteiger partial charge in [0.1, 0.15) is 0 Å². The molecule has 0 saturated carbocycles. The number of pyridine rings is 1. The van der Waals surface area contributed by atoms with Gasteiger partial charge in [-0.1, -0.05) is 36.4 Å². The molecule has 0 aliphatic carbocycles. The zero-order chi connectivity index (χ0) is 19.5. The van der Waals surface area contributed by atoms with Gasteiger partial charge in [-0.15, -0.1) is 0 Å². The van der Waals surface area contributed by atoms with Crippen molar-refractivity contribution in [2.75, 3.05) is 26.3 Å². The first-order valence-corrected chi connectivity index (χ1v) is 10.5. The summed E-state index contributed by atoms with van der Waals surface area (Å²) in [5.41, 5.74) is 2.33. The second-order valence-electron chi connectivity index (χ2n) is 8.79. The molecule has 1 aromatic heterocycles. The molecule has 4 nitrogen and oxygen atoms in total. The van der Waals surface area contributed by atoms with Crippen LogP contribution in [0.25, 0.3) is 0 Å². The average molecular weight is 381 g/mol. The summed E-state index contributed by atoms with van der Waals surface area (Å²) >= 11 is 0. The fourth-order valence-corrected chi connectivity index (χ4v) is 4.74. The Morgan fingerprint density at radius 2 is 2.00 bits per heavy atom. The van der Waals surface area contributed by atoms with E-state index in [0.29, 0.717) is 12.7 Å². The largest absolute Gasteiger partial charge is 0.377 e. The van der Waals surface area contributed by atoms with Gasteiger partial charge in [-0.2, -0.15) is 0 Å². The monoisotopic (exact) mass is 380 g/mol. The lowest BCUT2D eigenvalue weighted by Gasteiger charge is -2.39. The first-order valence-electron chi connectivity index (χ1n) is 10.5. The van der Waals surface area contributed by atoms with E-state index in [1.807, 2.05) is 18.3 Å². The van der Waals surface area contributed by atoms with Crippen molar-refractivity contribution in [3.8, 4) is 0 Å². The third-order valence-corrected chi connectivity index (χ3v) is 6.58. The highest BCUT2D eigenvalue weighted by molar-refractivity contribution is 5.16. The van der Waals surface area contributed by atoms with Crippen LogP contribution in [0.15, 0.2) is 54.7 Å². The van der Waals surface area contributed by atoms with E-state index in [-0.39, 0.29) is 11.0 Å². The number of nitrogens with zero attached hydrogens (tertiary/aromatic N) is 2. The molecule has 1 aromatic carbocycles. The molecular formula is C24H32N2O2. The molecular weight excluding hydrogens is 348 g/mol. The fourth-order valence-electron chi connectivity index (χ4n) is 4.74. The van der Waals surface area contributed by atoms with Crippen LogP contribution in [0.3, 0.4) is 0 Å². The lowest BCUT2D eigenvalue weighted by Crippen LogP contribution is -2.46. The number of hydrogen-bond acceptors (Lipinski definition) is 4. The van der Waals surface area contributed by atoms with Gasteiger partial charge >= 0.3 is 0 Å². The minimum Gasteiger partial charge on any atom is -0.377 e. The Labute approximate surface area is 168 Å². The number of aromatic nitrogens is 1. The smallest absolute Gasteiger partial charge is 0.0717 e. The van der Waals surface area contributed by atoms with Crippen LogP contribution in [0, 0.1) is 5.41 Å². The highest BCUT2D eigenvalue weighted by Gasteiger charge is 2.50. The zero-order valence-electron chi connectivity index (χ0n) is 17.1. The topological polar surface area (TPSA) is 34.6 Å². The molecule has 2 atom stereocenters. The Bertz CT molecular complexity index is 744. The van der Waals surface area contributed by atoms with Crippen LogP contribution in [-0.4, -0.2) is 42.3 Å². The number of hydrogen-bond donors (Lipinski definition) is 0. The number of likely N-dealkylation sites (tertiary alicyclic amines) is 1.